The van der Waals surface area contributed by atoms with Gasteiger partial charge < -0.3 is 25.4 Å². The molecule has 98 valence electrons. The summed E-state index contributed by atoms with van der Waals surface area (Å²) in [5.74, 6) is 1.18. The molecule has 0 aliphatic carbocycles. The molecule has 0 aromatic heterocycles. The van der Waals surface area contributed by atoms with Crippen LogP contribution in [0.4, 0.5) is 11.4 Å². The molecule has 2 rings (SSSR count). The third kappa shape index (κ3) is 2.27. The highest BCUT2D eigenvalue weighted by Crippen LogP contribution is 2.36. The monoisotopic (exact) mass is 251 g/mol. The van der Waals surface area contributed by atoms with Gasteiger partial charge in [0.15, 0.2) is 11.5 Å². The number of methoxy groups -OCH3 is 2. The number of amides is 1. The molecule has 0 unspecified atom stereocenters. The fourth-order valence-corrected chi connectivity index (χ4v) is 2.00. The molecule has 0 atom stereocenters. The number of carbonyl (C=O) groups excluding carboxylic acids is 1. The largest absolute Gasteiger partial charge is 0.493 e. The molecular weight excluding hydrogens is 234 g/mol. The first-order valence-corrected chi connectivity index (χ1v) is 5.69. The minimum absolute atomic E-state index is 0.00423. The number of nitrogens with one attached hydrogen (secondary N) is 1. The predicted molar refractivity (Wildman–Crippen MR) is 69.2 cm³/mol. The van der Waals surface area contributed by atoms with Crippen LogP contribution in [0.1, 0.15) is 0 Å². The Labute approximate surface area is 106 Å². The molecule has 6 nitrogen and oxygen atoms in total. The molecule has 1 fully saturated rings. The molecule has 1 saturated heterocycles. The van der Waals surface area contributed by atoms with Crippen LogP contribution >= 0.6 is 0 Å². The molecule has 18 heavy (non-hydrogen) atoms. The summed E-state index contributed by atoms with van der Waals surface area (Å²) in [4.78, 5) is 13.3. The fourth-order valence-electron chi connectivity index (χ4n) is 2.00. The number of nitrogens with zero attached hydrogens (tertiary/aromatic N) is 1. The zero-order valence-corrected chi connectivity index (χ0v) is 10.5. The van der Waals surface area contributed by atoms with Gasteiger partial charge in [-0.05, 0) is 0 Å². The van der Waals surface area contributed by atoms with Crippen LogP contribution in [0.25, 0.3) is 0 Å². The van der Waals surface area contributed by atoms with Crippen molar-refractivity contribution in [2.24, 2.45) is 0 Å². The highest BCUT2D eigenvalue weighted by molar-refractivity contribution is 5.85. The zero-order valence-electron chi connectivity index (χ0n) is 10.5. The molecule has 0 radical (unpaired) electrons. The summed E-state index contributed by atoms with van der Waals surface area (Å²) in [6.45, 7) is 1.65. The van der Waals surface area contributed by atoms with Crippen molar-refractivity contribution >= 4 is 17.3 Å². The number of carbonyl (C=O) groups is 1. The van der Waals surface area contributed by atoms with Gasteiger partial charge in [0.25, 0.3) is 0 Å². The Hall–Kier alpha value is -2.11. The summed E-state index contributed by atoms with van der Waals surface area (Å²) in [5.41, 5.74) is 7.35. The summed E-state index contributed by atoms with van der Waals surface area (Å²) >= 11 is 0. The Kier molecular flexibility index (Phi) is 3.45. The predicted octanol–water partition coefficient (Wildman–Crippen LogP) is 0.222. The van der Waals surface area contributed by atoms with Gasteiger partial charge in [0.1, 0.15) is 0 Å². The van der Waals surface area contributed by atoms with E-state index in [0.717, 1.165) is 12.2 Å². The number of benzene rings is 1. The quantitative estimate of drug-likeness (QED) is 0.752. The van der Waals surface area contributed by atoms with Gasteiger partial charge >= 0.3 is 0 Å². The molecule has 3 N–H and O–H groups in total. The Morgan fingerprint density at radius 2 is 1.94 bits per heavy atom. The normalized spacial score (nSPS) is 15.2. The number of piperazine rings is 1. The number of rotatable bonds is 3. The number of nitrogens with two attached hydrogens (primary N) is 1. The van der Waals surface area contributed by atoms with E-state index in [0.29, 0.717) is 30.3 Å². The topological polar surface area (TPSA) is 76.8 Å². The van der Waals surface area contributed by atoms with E-state index < -0.39 is 0 Å². The maximum absolute atomic E-state index is 11.4. The van der Waals surface area contributed by atoms with E-state index >= 15 is 0 Å². The summed E-state index contributed by atoms with van der Waals surface area (Å²) in [6.07, 6.45) is 0. The van der Waals surface area contributed by atoms with Crippen molar-refractivity contribution in [2.45, 2.75) is 0 Å². The van der Waals surface area contributed by atoms with Crippen molar-refractivity contribution in [3.63, 3.8) is 0 Å². The maximum Gasteiger partial charge on any atom is 0.239 e. The SMILES string of the molecule is COc1cc(N)c(N2CCNC(=O)C2)cc1OC. The first kappa shape index (κ1) is 12.3. The van der Waals surface area contributed by atoms with Crippen LogP contribution in [0.5, 0.6) is 11.5 Å². The number of anilines is 2. The lowest BCUT2D eigenvalue weighted by molar-refractivity contribution is -0.120. The van der Waals surface area contributed by atoms with Crippen LogP contribution in [0.2, 0.25) is 0 Å². The van der Waals surface area contributed by atoms with E-state index in [9.17, 15) is 4.79 Å². The van der Waals surface area contributed by atoms with E-state index in [1.165, 1.54) is 0 Å². The molecule has 1 amide bonds. The van der Waals surface area contributed by atoms with Crippen molar-refractivity contribution in [3.05, 3.63) is 12.1 Å². The van der Waals surface area contributed by atoms with Gasteiger partial charge in [0, 0.05) is 25.2 Å². The molecule has 6 heteroatoms. The average molecular weight is 251 g/mol. The maximum atomic E-state index is 11.4. The lowest BCUT2D eigenvalue weighted by atomic mass is 10.2. The molecule has 1 aromatic rings. The minimum atomic E-state index is -0.00423. The molecule has 1 aliphatic rings. The zero-order chi connectivity index (χ0) is 13.1. The second-order valence-corrected chi connectivity index (χ2v) is 4.04. The highest BCUT2D eigenvalue weighted by atomic mass is 16.5. The van der Waals surface area contributed by atoms with Gasteiger partial charge in [-0.25, -0.2) is 0 Å². The van der Waals surface area contributed by atoms with Crippen molar-refractivity contribution < 1.29 is 14.3 Å². The third-order valence-electron chi connectivity index (χ3n) is 2.91. The number of hydrogen-bond donors (Lipinski definition) is 2. The molecular formula is C12H17N3O3. The highest BCUT2D eigenvalue weighted by Gasteiger charge is 2.20. The van der Waals surface area contributed by atoms with Gasteiger partial charge in [0.2, 0.25) is 5.91 Å². The van der Waals surface area contributed by atoms with Gasteiger partial charge in [-0.3, -0.25) is 4.79 Å². The summed E-state index contributed by atoms with van der Waals surface area (Å²) in [5, 5.41) is 2.77. The van der Waals surface area contributed by atoms with Gasteiger partial charge in [-0.15, -0.1) is 0 Å². The molecule has 0 bridgehead atoms. The van der Waals surface area contributed by atoms with E-state index in [1.807, 2.05) is 4.90 Å². The standard InChI is InChI=1S/C12H17N3O3/c1-17-10-5-8(13)9(6-11(10)18-2)15-4-3-14-12(16)7-15/h5-6H,3-4,7,13H2,1-2H3,(H,14,16). The molecule has 1 heterocycles. The summed E-state index contributed by atoms with van der Waals surface area (Å²) < 4.78 is 10.4. The first-order valence-electron chi connectivity index (χ1n) is 5.69. The van der Waals surface area contributed by atoms with Gasteiger partial charge in [-0.2, -0.15) is 0 Å². The van der Waals surface area contributed by atoms with Crippen molar-refractivity contribution in [2.75, 3.05) is 44.5 Å². The number of hydrogen-bond acceptors (Lipinski definition) is 5. The van der Waals surface area contributed by atoms with Crippen LogP contribution < -0.4 is 25.4 Å². The van der Waals surface area contributed by atoms with Gasteiger partial charge in [0.05, 0.1) is 32.1 Å². The fraction of sp³-hybridized carbons (Fsp3) is 0.417. The van der Waals surface area contributed by atoms with Crippen molar-refractivity contribution in [1.29, 1.82) is 0 Å². The van der Waals surface area contributed by atoms with Crippen LogP contribution in [0.15, 0.2) is 12.1 Å². The van der Waals surface area contributed by atoms with Crippen LogP contribution in [0, 0.1) is 0 Å². The Balaban J connectivity index is 2.34. The summed E-state index contributed by atoms with van der Waals surface area (Å²) in [7, 11) is 3.13. The molecule has 0 saturated carbocycles. The Morgan fingerprint density at radius 1 is 1.28 bits per heavy atom. The van der Waals surface area contributed by atoms with E-state index in [-0.39, 0.29) is 5.91 Å². The van der Waals surface area contributed by atoms with Gasteiger partial charge in [-0.1, -0.05) is 0 Å². The third-order valence-corrected chi connectivity index (χ3v) is 2.91. The number of ether oxygens (including phenoxy) is 2. The van der Waals surface area contributed by atoms with Crippen molar-refractivity contribution in [1.82, 2.24) is 5.32 Å². The van der Waals surface area contributed by atoms with Crippen LogP contribution in [0.3, 0.4) is 0 Å². The number of nitrogen functional groups attached to an aromatic ring is 1. The second kappa shape index (κ2) is 5.03. The minimum Gasteiger partial charge on any atom is -0.493 e. The van der Waals surface area contributed by atoms with Crippen LogP contribution in [-0.4, -0.2) is 39.8 Å². The average Bonchev–Trinajstić information content (AvgIpc) is 2.38. The van der Waals surface area contributed by atoms with Crippen LogP contribution in [-0.2, 0) is 4.79 Å². The summed E-state index contributed by atoms with van der Waals surface area (Å²) in [6, 6.07) is 3.51. The smallest absolute Gasteiger partial charge is 0.239 e. The lowest BCUT2D eigenvalue weighted by Gasteiger charge is -2.30. The van der Waals surface area contributed by atoms with E-state index in [2.05, 4.69) is 5.32 Å². The Morgan fingerprint density at radius 3 is 2.56 bits per heavy atom. The Bertz CT molecular complexity index is 462. The first-order chi connectivity index (χ1) is 8.65. The van der Waals surface area contributed by atoms with E-state index in [4.69, 9.17) is 15.2 Å². The molecule has 1 aromatic carbocycles. The lowest BCUT2D eigenvalue weighted by Crippen LogP contribution is -2.47. The molecule has 0 spiro atoms. The van der Waals surface area contributed by atoms with E-state index in [1.54, 1.807) is 26.4 Å². The second-order valence-electron chi connectivity index (χ2n) is 4.04. The molecule has 1 aliphatic heterocycles. The van der Waals surface area contributed by atoms with Crippen molar-refractivity contribution in [3.8, 4) is 11.5 Å².